The molecule has 0 saturated heterocycles. The van der Waals surface area contributed by atoms with Gasteiger partial charge >= 0.3 is 0 Å². The number of rotatable bonds is 2. The lowest BCUT2D eigenvalue weighted by atomic mass is 9.97. The molecule has 1 aromatic rings. The molecule has 16 heavy (non-hydrogen) atoms. The van der Waals surface area contributed by atoms with E-state index in [1.54, 1.807) is 0 Å². The molecule has 1 aliphatic carbocycles. The van der Waals surface area contributed by atoms with Crippen molar-refractivity contribution < 1.29 is 9.59 Å². The number of halogens is 1. The molecule has 0 N–H and O–H groups in total. The van der Waals surface area contributed by atoms with E-state index in [9.17, 15) is 9.59 Å². The molecule has 0 bridgehead atoms. The predicted octanol–water partition coefficient (Wildman–Crippen LogP) is 2.44. The summed E-state index contributed by atoms with van der Waals surface area (Å²) in [5, 5.41) is 0. The van der Waals surface area contributed by atoms with Crippen molar-refractivity contribution in [3.63, 3.8) is 0 Å². The molecule has 82 valence electrons. The predicted molar refractivity (Wildman–Crippen MR) is 67.7 cm³/mol. The fraction of sp³-hybridized carbons (Fsp3) is 0.0769. The summed E-state index contributed by atoms with van der Waals surface area (Å²) in [6, 6.07) is 9.64. The number of carbonyl (C=O) groups is 2. The first-order valence-electron chi connectivity index (χ1n) is 4.76. The molecule has 0 heterocycles. The molecular weight excluding hydrogens is 268 g/mol. The molecule has 0 saturated carbocycles. The van der Waals surface area contributed by atoms with Crippen molar-refractivity contribution >= 4 is 28.5 Å². The van der Waals surface area contributed by atoms with E-state index in [1.807, 2.05) is 30.3 Å². The SMILES string of the molecule is Br.O=C1C=CC(=O)C(Cc2ccccc2)=C1. The highest BCUT2D eigenvalue weighted by Crippen LogP contribution is 2.12. The minimum atomic E-state index is -0.111. The van der Waals surface area contributed by atoms with Gasteiger partial charge in [0.05, 0.1) is 0 Å². The number of carbonyl (C=O) groups excluding carboxylic acids is 2. The van der Waals surface area contributed by atoms with Gasteiger partial charge in [0.15, 0.2) is 11.6 Å². The van der Waals surface area contributed by atoms with E-state index < -0.39 is 0 Å². The van der Waals surface area contributed by atoms with Crippen molar-refractivity contribution in [3.05, 3.63) is 59.7 Å². The lowest BCUT2D eigenvalue weighted by Crippen LogP contribution is -2.09. The zero-order chi connectivity index (χ0) is 10.7. The smallest absolute Gasteiger partial charge is 0.182 e. The first-order valence-corrected chi connectivity index (χ1v) is 4.76. The number of benzene rings is 1. The standard InChI is InChI=1S/C13H10O2.BrH/c14-12-6-7-13(15)11(9-12)8-10-4-2-1-3-5-10;/h1-7,9H,8H2;1H. The Morgan fingerprint density at radius 3 is 2.31 bits per heavy atom. The summed E-state index contributed by atoms with van der Waals surface area (Å²) in [4.78, 5) is 22.5. The minimum Gasteiger partial charge on any atom is -0.290 e. The number of ketones is 2. The summed E-state index contributed by atoms with van der Waals surface area (Å²) in [6.07, 6.45) is 4.57. The van der Waals surface area contributed by atoms with Crippen molar-refractivity contribution in [2.45, 2.75) is 6.42 Å². The van der Waals surface area contributed by atoms with Gasteiger partial charge in [0.25, 0.3) is 0 Å². The Bertz CT molecular complexity index is 458. The van der Waals surface area contributed by atoms with E-state index in [1.165, 1.54) is 18.2 Å². The third kappa shape index (κ3) is 3.00. The van der Waals surface area contributed by atoms with E-state index in [0.717, 1.165) is 5.56 Å². The molecule has 2 nitrogen and oxygen atoms in total. The zero-order valence-electron chi connectivity index (χ0n) is 8.55. The Morgan fingerprint density at radius 1 is 0.938 bits per heavy atom. The van der Waals surface area contributed by atoms with Crippen LogP contribution in [0.4, 0.5) is 0 Å². The summed E-state index contributed by atoms with van der Waals surface area (Å²) in [6.45, 7) is 0. The molecular formula is C13H11BrO2. The highest BCUT2D eigenvalue weighted by atomic mass is 79.9. The third-order valence-corrected chi connectivity index (χ3v) is 2.27. The van der Waals surface area contributed by atoms with E-state index in [-0.39, 0.29) is 28.5 Å². The Hall–Kier alpha value is -1.48. The second-order valence-corrected chi connectivity index (χ2v) is 3.43. The average Bonchev–Trinajstić information content (AvgIpc) is 2.25. The second kappa shape index (κ2) is 5.56. The molecule has 0 spiro atoms. The molecule has 0 aliphatic heterocycles. The molecule has 0 amide bonds. The van der Waals surface area contributed by atoms with Crippen LogP contribution in [-0.4, -0.2) is 11.6 Å². The Labute approximate surface area is 104 Å². The molecule has 0 aromatic heterocycles. The fourth-order valence-corrected chi connectivity index (χ4v) is 1.51. The molecule has 1 aromatic carbocycles. The quantitative estimate of drug-likeness (QED) is 0.779. The van der Waals surface area contributed by atoms with Crippen LogP contribution in [0.2, 0.25) is 0 Å². The molecule has 0 radical (unpaired) electrons. The molecule has 0 fully saturated rings. The maximum atomic E-state index is 11.4. The zero-order valence-corrected chi connectivity index (χ0v) is 10.3. The van der Waals surface area contributed by atoms with Crippen LogP contribution >= 0.6 is 17.0 Å². The average molecular weight is 279 g/mol. The molecule has 0 unspecified atom stereocenters. The third-order valence-electron chi connectivity index (χ3n) is 2.27. The lowest BCUT2D eigenvalue weighted by Gasteiger charge is -2.06. The fourth-order valence-electron chi connectivity index (χ4n) is 1.51. The first-order chi connectivity index (χ1) is 7.25. The van der Waals surface area contributed by atoms with Gasteiger partial charge in [0.1, 0.15) is 0 Å². The van der Waals surface area contributed by atoms with E-state index in [2.05, 4.69) is 0 Å². The summed E-state index contributed by atoms with van der Waals surface area (Å²) < 4.78 is 0. The van der Waals surface area contributed by atoms with Gasteiger partial charge in [0, 0.05) is 12.0 Å². The van der Waals surface area contributed by atoms with Gasteiger partial charge < -0.3 is 0 Å². The topological polar surface area (TPSA) is 34.1 Å². The van der Waals surface area contributed by atoms with Gasteiger partial charge in [-0.15, -0.1) is 17.0 Å². The van der Waals surface area contributed by atoms with Gasteiger partial charge in [0.2, 0.25) is 0 Å². The molecule has 1 aliphatic rings. The number of allylic oxidation sites excluding steroid dienone is 4. The van der Waals surface area contributed by atoms with Crippen LogP contribution in [0.1, 0.15) is 5.56 Å². The highest BCUT2D eigenvalue weighted by Gasteiger charge is 2.12. The minimum absolute atomic E-state index is 0. The molecule has 3 heteroatoms. The number of hydrogen-bond donors (Lipinski definition) is 0. The maximum absolute atomic E-state index is 11.4. The van der Waals surface area contributed by atoms with Gasteiger partial charge in [-0.3, -0.25) is 9.59 Å². The van der Waals surface area contributed by atoms with Gasteiger partial charge in [-0.05, 0) is 23.8 Å². The second-order valence-electron chi connectivity index (χ2n) is 3.43. The summed E-state index contributed by atoms with van der Waals surface area (Å²) >= 11 is 0. The summed E-state index contributed by atoms with van der Waals surface area (Å²) in [5.41, 5.74) is 1.61. The molecule has 0 atom stereocenters. The van der Waals surface area contributed by atoms with Crippen LogP contribution in [0, 0.1) is 0 Å². The van der Waals surface area contributed by atoms with E-state index >= 15 is 0 Å². The molecule has 2 rings (SSSR count). The van der Waals surface area contributed by atoms with Crippen molar-refractivity contribution in [1.29, 1.82) is 0 Å². The largest absolute Gasteiger partial charge is 0.290 e. The first kappa shape index (κ1) is 12.6. The Kier molecular flexibility index (Phi) is 4.38. The van der Waals surface area contributed by atoms with E-state index in [4.69, 9.17) is 0 Å². The van der Waals surface area contributed by atoms with Crippen LogP contribution in [-0.2, 0) is 16.0 Å². The van der Waals surface area contributed by atoms with Crippen molar-refractivity contribution in [1.82, 2.24) is 0 Å². The van der Waals surface area contributed by atoms with Gasteiger partial charge in [-0.2, -0.15) is 0 Å². The van der Waals surface area contributed by atoms with Crippen LogP contribution in [0.15, 0.2) is 54.1 Å². The Balaban J connectivity index is 0.00000128. The monoisotopic (exact) mass is 278 g/mol. The number of hydrogen-bond acceptors (Lipinski definition) is 2. The van der Waals surface area contributed by atoms with E-state index in [0.29, 0.717) is 12.0 Å². The summed E-state index contributed by atoms with van der Waals surface area (Å²) in [7, 11) is 0. The van der Waals surface area contributed by atoms with Crippen molar-refractivity contribution in [2.24, 2.45) is 0 Å². The Morgan fingerprint density at radius 2 is 1.62 bits per heavy atom. The lowest BCUT2D eigenvalue weighted by molar-refractivity contribution is -0.114. The van der Waals surface area contributed by atoms with Gasteiger partial charge in [-0.25, -0.2) is 0 Å². The normalized spacial score (nSPS) is 14.4. The van der Waals surface area contributed by atoms with Crippen LogP contribution < -0.4 is 0 Å². The van der Waals surface area contributed by atoms with Crippen LogP contribution in [0.25, 0.3) is 0 Å². The highest BCUT2D eigenvalue weighted by molar-refractivity contribution is 8.93. The van der Waals surface area contributed by atoms with Gasteiger partial charge in [-0.1, -0.05) is 30.3 Å². The van der Waals surface area contributed by atoms with Crippen LogP contribution in [0.5, 0.6) is 0 Å². The maximum Gasteiger partial charge on any atom is 0.182 e. The van der Waals surface area contributed by atoms with Crippen molar-refractivity contribution in [3.8, 4) is 0 Å². The van der Waals surface area contributed by atoms with Crippen LogP contribution in [0.3, 0.4) is 0 Å². The van der Waals surface area contributed by atoms with Crippen molar-refractivity contribution in [2.75, 3.05) is 0 Å². The summed E-state index contributed by atoms with van der Waals surface area (Å²) in [5.74, 6) is -0.181.